The molecular formula is C22H36S2. The third kappa shape index (κ3) is 7.44. The number of hydrogen-bond donors (Lipinski definition) is 0. The minimum atomic E-state index is 0.672. The van der Waals surface area contributed by atoms with Crippen molar-refractivity contribution in [3.05, 3.63) is 35.4 Å². The number of rotatable bonds is 11. The molecule has 1 fully saturated rings. The molecule has 0 N–H and O–H groups in total. The Labute approximate surface area is 159 Å². The van der Waals surface area contributed by atoms with Crippen molar-refractivity contribution in [1.29, 1.82) is 0 Å². The molecule has 0 saturated carbocycles. The lowest BCUT2D eigenvalue weighted by Gasteiger charge is -2.28. The first-order valence-corrected chi connectivity index (χ1v) is 12.2. The molecule has 2 rings (SSSR count). The second-order valence-electron chi connectivity index (χ2n) is 7.27. The van der Waals surface area contributed by atoms with Crippen LogP contribution in [0.2, 0.25) is 0 Å². The fraction of sp³-hybridized carbons (Fsp3) is 0.727. The number of unbranched alkanes of at least 4 members (excludes halogenated alkanes) is 6. The van der Waals surface area contributed by atoms with Crippen LogP contribution in [0.15, 0.2) is 24.3 Å². The van der Waals surface area contributed by atoms with Crippen LogP contribution in [0, 0.1) is 5.92 Å². The Morgan fingerprint density at radius 1 is 0.792 bits per heavy atom. The summed E-state index contributed by atoms with van der Waals surface area (Å²) in [5.74, 6) is 3.68. The molecule has 0 nitrogen and oxygen atoms in total. The molecule has 2 heteroatoms. The van der Waals surface area contributed by atoms with Gasteiger partial charge >= 0.3 is 0 Å². The average molecular weight is 365 g/mol. The molecule has 24 heavy (non-hydrogen) atoms. The van der Waals surface area contributed by atoms with Crippen LogP contribution in [-0.4, -0.2) is 11.5 Å². The van der Waals surface area contributed by atoms with Crippen LogP contribution in [0.25, 0.3) is 0 Å². The van der Waals surface area contributed by atoms with Crippen molar-refractivity contribution in [2.24, 2.45) is 5.92 Å². The van der Waals surface area contributed by atoms with Crippen LogP contribution in [0.5, 0.6) is 0 Å². The second-order valence-corrected chi connectivity index (χ2v) is 9.84. The first-order valence-electron chi connectivity index (χ1n) is 10.2. The minimum absolute atomic E-state index is 0.672. The van der Waals surface area contributed by atoms with Gasteiger partial charge in [-0.1, -0.05) is 83.1 Å². The minimum Gasteiger partial charge on any atom is -0.142 e. The second kappa shape index (κ2) is 12.3. The van der Waals surface area contributed by atoms with E-state index in [1.165, 1.54) is 86.8 Å². The highest BCUT2D eigenvalue weighted by molar-refractivity contribution is 8.16. The third-order valence-corrected chi connectivity index (χ3v) is 8.30. The largest absolute Gasteiger partial charge is 0.142 e. The zero-order valence-corrected chi connectivity index (χ0v) is 17.4. The van der Waals surface area contributed by atoms with Crippen LogP contribution in [0.1, 0.15) is 87.3 Å². The molecule has 0 amide bonds. The summed E-state index contributed by atoms with van der Waals surface area (Å²) in [6.45, 7) is 4.57. The first-order chi connectivity index (χ1) is 11.8. The molecule has 0 aliphatic carbocycles. The van der Waals surface area contributed by atoms with E-state index in [1.54, 1.807) is 0 Å². The summed E-state index contributed by atoms with van der Waals surface area (Å²) in [5.41, 5.74) is 3.05. The van der Waals surface area contributed by atoms with Gasteiger partial charge in [0, 0.05) is 0 Å². The number of hydrogen-bond acceptors (Lipinski definition) is 2. The van der Waals surface area contributed by atoms with Gasteiger partial charge in [-0.15, -0.1) is 23.5 Å². The van der Waals surface area contributed by atoms with Gasteiger partial charge in [-0.2, -0.15) is 0 Å². The Balaban J connectivity index is 1.66. The summed E-state index contributed by atoms with van der Waals surface area (Å²) in [6.07, 6.45) is 13.8. The van der Waals surface area contributed by atoms with Gasteiger partial charge in [-0.25, -0.2) is 0 Å². The van der Waals surface area contributed by atoms with Crippen molar-refractivity contribution < 1.29 is 0 Å². The van der Waals surface area contributed by atoms with E-state index in [2.05, 4.69) is 61.6 Å². The van der Waals surface area contributed by atoms with Crippen LogP contribution < -0.4 is 0 Å². The maximum atomic E-state index is 2.39. The molecule has 136 valence electrons. The normalized spacial score (nSPS) is 21.1. The zero-order chi connectivity index (χ0) is 17.0. The predicted molar refractivity (Wildman–Crippen MR) is 114 cm³/mol. The standard InChI is InChI=1S/C22H36S2/c1-3-5-7-8-10-12-20-17-23-22(24-18-20)21-15-13-19(14-16-21)11-9-6-4-2/h13-16,20,22H,3-12,17-18H2,1-2H3. The average Bonchev–Trinajstić information content (AvgIpc) is 2.63. The van der Waals surface area contributed by atoms with Gasteiger partial charge < -0.3 is 0 Å². The third-order valence-electron chi connectivity index (χ3n) is 5.00. The van der Waals surface area contributed by atoms with Crippen molar-refractivity contribution in [2.75, 3.05) is 11.5 Å². The summed E-state index contributed by atoms with van der Waals surface area (Å²) in [4.78, 5) is 0. The molecule has 0 bridgehead atoms. The predicted octanol–water partition coefficient (Wildman–Crippen LogP) is 7.87. The van der Waals surface area contributed by atoms with Crippen molar-refractivity contribution >= 4 is 23.5 Å². The zero-order valence-electron chi connectivity index (χ0n) is 15.8. The van der Waals surface area contributed by atoms with Crippen molar-refractivity contribution in [3.63, 3.8) is 0 Å². The van der Waals surface area contributed by atoms with E-state index in [9.17, 15) is 0 Å². The van der Waals surface area contributed by atoms with Crippen LogP contribution in [0.3, 0.4) is 0 Å². The van der Waals surface area contributed by atoms with Gasteiger partial charge in [-0.3, -0.25) is 0 Å². The SMILES string of the molecule is CCCCCCCC1CSC(c2ccc(CCCCC)cc2)SC1. The molecule has 1 aromatic carbocycles. The molecule has 0 spiro atoms. The molecule has 1 aromatic rings. The van der Waals surface area contributed by atoms with Gasteiger partial charge in [0.1, 0.15) is 0 Å². The Kier molecular flexibility index (Phi) is 10.4. The van der Waals surface area contributed by atoms with Crippen molar-refractivity contribution in [3.8, 4) is 0 Å². The molecule has 1 saturated heterocycles. The molecule has 0 radical (unpaired) electrons. The fourth-order valence-electron chi connectivity index (χ4n) is 3.36. The van der Waals surface area contributed by atoms with Gasteiger partial charge in [0.15, 0.2) is 0 Å². The van der Waals surface area contributed by atoms with Crippen LogP contribution in [0.4, 0.5) is 0 Å². The first kappa shape index (κ1) is 20.2. The lowest BCUT2D eigenvalue weighted by Crippen LogP contribution is -2.14. The van der Waals surface area contributed by atoms with Gasteiger partial charge in [-0.05, 0) is 47.8 Å². The molecule has 1 aliphatic rings. The van der Waals surface area contributed by atoms with Crippen molar-refractivity contribution in [1.82, 2.24) is 0 Å². The monoisotopic (exact) mass is 364 g/mol. The molecule has 1 heterocycles. The smallest absolute Gasteiger partial charge is 0.0751 e. The highest BCUT2D eigenvalue weighted by atomic mass is 32.2. The van der Waals surface area contributed by atoms with Crippen LogP contribution in [-0.2, 0) is 6.42 Å². The Morgan fingerprint density at radius 3 is 2.08 bits per heavy atom. The topological polar surface area (TPSA) is 0 Å². The Morgan fingerprint density at radius 2 is 1.42 bits per heavy atom. The summed E-state index contributed by atoms with van der Waals surface area (Å²) in [5, 5.41) is 0. The van der Waals surface area contributed by atoms with Gasteiger partial charge in [0.2, 0.25) is 0 Å². The van der Waals surface area contributed by atoms with E-state index in [-0.39, 0.29) is 0 Å². The molecule has 0 unspecified atom stereocenters. The van der Waals surface area contributed by atoms with Crippen LogP contribution >= 0.6 is 23.5 Å². The number of benzene rings is 1. The summed E-state index contributed by atoms with van der Waals surface area (Å²) < 4.78 is 0.672. The summed E-state index contributed by atoms with van der Waals surface area (Å²) in [7, 11) is 0. The maximum Gasteiger partial charge on any atom is 0.0751 e. The molecule has 0 aromatic heterocycles. The molecule has 1 aliphatic heterocycles. The Bertz CT molecular complexity index is 418. The Hall–Kier alpha value is -0.0800. The summed E-state index contributed by atoms with van der Waals surface area (Å²) in [6, 6.07) is 9.51. The number of thioether (sulfide) groups is 2. The van der Waals surface area contributed by atoms with Gasteiger partial charge in [0.05, 0.1) is 4.58 Å². The molecular weight excluding hydrogens is 328 g/mol. The van der Waals surface area contributed by atoms with E-state index in [0.717, 1.165) is 5.92 Å². The highest BCUT2D eigenvalue weighted by Gasteiger charge is 2.23. The van der Waals surface area contributed by atoms with E-state index < -0.39 is 0 Å². The van der Waals surface area contributed by atoms with E-state index in [0.29, 0.717) is 4.58 Å². The van der Waals surface area contributed by atoms with E-state index in [4.69, 9.17) is 0 Å². The van der Waals surface area contributed by atoms with Gasteiger partial charge in [0.25, 0.3) is 0 Å². The lowest BCUT2D eigenvalue weighted by atomic mass is 10.0. The van der Waals surface area contributed by atoms with E-state index >= 15 is 0 Å². The summed E-state index contributed by atoms with van der Waals surface area (Å²) >= 11 is 4.37. The maximum absolute atomic E-state index is 2.39. The highest BCUT2D eigenvalue weighted by Crippen LogP contribution is 2.46. The number of aryl methyl sites for hydroxylation is 1. The van der Waals surface area contributed by atoms with E-state index in [1.807, 2.05) is 0 Å². The molecule has 0 atom stereocenters. The van der Waals surface area contributed by atoms with Crippen molar-refractivity contribution in [2.45, 2.75) is 82.6 Å². The fourth-order valence-corrected chi connectivity index (χ4v) is 6.53. The quantitative estimate of drug-likeness (QED) is 0.366. The lowest BCUT2D eigenvalue weighted by molar-refractivity contribution is 0.528.